The van der Waals surface area contributed by atoms with Gasteiger partial charge in [0.2, 0.25) is 5.91 Å². The lowest BCUT2D eigenvalue weighted by Crippen LogP contribution is -2.32. The largest absolute Gasteiger partial charge is 0.493 e. The molecule has 2 rings (SSSR count). The van der Waals surface area contributed by atoms with Crippen LogP contribution in [0.2, 0.25) is 0 Å². The third-order valence-electron chi connectivity index (χ3n) is 3.90. The van der Waals surface area contributed by atoms with Crippen molar-refractivity contribution in [1.29, 1.82) is 0 Å². The van der Waals surface area contributed by atoms with E-state index in [1.807, 2.05) is 57.2 Å². The van der Waals surface area contributed by atoms with Gasteiger partial charge in [0.05, 0.1) is 14.2 Å². The van der Waals surface area contributed by atoms with Crippen molar-refractivity contribution in [2.75, 3.05) is 24.9 Å². The highest BCUT2D eigenvalue weighted by atomic mass is 16.5. The van der Waals surface area contributed by atoms with Crippen LogP contribution in [-0.4, -0.2) is 26.2 Å². The summed E-state index contributed by atoms with van der Waals surface area (Å²) in [4.78, 5) is 12.4. The number of benzene rings is 2. The fourth-order valence-electron chi connectivity index (χ4n) is 2.39. The second kappa shape index (κ2) is 7.73. The Morgan fingerprint density at radius 1 is 0.958 bits per heavy atom. The maximum absolute atomic E-state index is 12.4. The standard InChI is InChI=1S/C19H24N2O3/c1-12-8-6-7-9-15(12)21-19(22)14(3)20-16-11-18(24-5)17(23-4)10-13(16)2/h6-11,14,20H,1-5H3,(H,21,22). The second-order valence-electron chi connectivity index (χ2n) is 5.69. The third kappa shape index (κ3) is 3.98. The Balaban J connectivity index is 2.13. The molecular formula is C19H24N2O3. The van der Waals surface area contributed by atoms with Gasteiger partial charge in [-0.3, -0.25) is 4.79 Å². The topological polar surface area (TPSA) is 59.6 Å². The number of aryl methyl sites for hydroxylation is 2. The van der Waals surface area contributed by atoms with Gasteiger partial charge in [0.1, 0.15) is 6.04 Å². The maximum atomic E-state index is 12.4. The molecule has 2 N–H and O–H groups in total. The molecule has 0 heterocycles. The summed E-state index contributed by atoms with van der Waals surface area (Å²) in [5.41, 5.74) is 3.66. The zero-order chi connectivity index (χ0) is 17.7. The monoisotopic (exact) mass is 328 g/mol. The van der Waals surface area contributed by atoms with Gasteiger partial charge in [-0.25, -0.2) is 0 Å². The number of methoxy groups -OCH3 is 2. The summed E-state index contributed by atoms with van der Waals surface area (Å²) >= 11 is 0. The first kappa shape index (κ1) is 17.7. The highest BCUT2D eigenvalue weighted by molar-refractivity contribution is 5.97. The fraction of sp³-hybridized carbons (Fsp3) is 0.316. The number of ether oxygens (including phenoxy) is 2. The number of anilines is 2. The first-order chi connectivity index (χ1) is 11.5. The SMILES string of the molecule is COc1cc(C)c(NC(C)C(=O)Nc2ccccc2C)cc1OC. The van der Waals surface area contributed by atoms with E-state index in [0.29, 0.717) is 11.5 Å². The average molecular weight is 328 g/mol. The number of rotatable bonds is 6. The molecule has 0 aliphatic heterocycles. The summed E-state index contributed by atoms with van der Waals surface area (Å²) in [6.45, 7) is 5.74. The van der Waals surface area contributed by atoms with Gasteiger partial charge in [-0.2, -0.15) is 0 Å². The minimum absolute atomic E-state index is 0.0986. The van der Waals surface area contributed by atoms with Crippen molar-refractivity contribution in [1.82, 2.24) is 0 Å². The van der Waals surface area contributed by atoms with Crippen molar-refractivity contribution in [2.45, 2.75) is 26.8 Å². The van der Waals surface area contributed by atoms with Crippen LogP contribution >= 0.6 is 0 Å². The number of carbonyl (C=O) groups excluding carboxylic acids is 1. The van der Waals surface area contributed by atoms with E-state index in [1.54, 1.807) is 14.2 Å². The van der Waals surface area contributed by atoms with E-state index in [2.05, 4.69) is 10.6 Å². The van der Waals surface area contributed by atoms with Gasteiger partial charge in [-0.05, 0) is 44.0 Å². The van der Waals surface area contributed by atoms with Crippen molar-refractivity contribution >= 4 is 17.3 Å². The van der Waals surface area contributed by atoms with Crippen molar-refractivity contribution in [3.63, 3.8) is 0 Å². The van der Waals surface area contributed by atoms with Crippen LogP contribution in [-0.2, 0) is 4.79 Å². The molecule has 128 valence electrons. The number of para-hydroxylation sites is 1. The molecule has 2 aromatic carbocycles. The fourth-order valence-corrected chi connectivity index (χ4v) is 2.39. The van der Waals surface area contributed by atoms with Crippen LogP contribution in [0.15, 0.2) is 36.4 Å². The zero-order valence-electron chi connectivity index (χ0n) is 14.8. The smallest absolute Gasteiger partial charge is 0.246 e. The zero-order valence-corrected chi connectivity index (χ0v) is 14.8. The van der Waals surface area contributed by atoms with Crippen molar-refractivity contribution in [3.05, 3.63) is 47.5 Å². The first-order valence-corrected chi connectivity index (χ1v) is 7.82. The summed E-state index contributed by atoms with van der Waals surface area (Å²) < 4.78 is 10.6. The van der Waals surface area contributed by atoms with Gasteiger partial charge < -0.3 is 20.1 Å². The van der Waals surface area contributed by atoms with Gasteiger partial charge in [-0.15, -0.1) is 0 Å². The minimum atomic E-state index is -0.401. The highest BCUT2D eigenvalue weighted by Crippen LogP contribution is 2.33. The lowest BCUT2D eigenvalue weighted by Gasteiger charge is -2.19. The van der Waals surface area contributed by atoms with Crippen molar-refractivity contribution in [2.24, 2.45) is 0 Å². The lowest BCUT2D eigenvalue weighted by atomic mass is 10.1. The molecule has 0 saturated heterocycles. The van der Waals surface area contributed by atoms with E-state index >= 15 is 0 Å². The Morgan fingerprint density at radius 2 is 1.58 bits per heavy atom. The molecule has 0 spiro atoms. The molecular weight excluding hydrogens is 304 g/mol. The van der Waals surface area contributed by atoms with Crippen LogP contribution in [0.4, 0.5) is 11.4 Å². The summed E-state index contributed by atoms with van der Waals surface area (Å²) in [6.07, 6.45) is 0. The van der Waals surface area contributed by atoms with Crippen LogP contribution in [0, 0.1) is 13.8 Å². The predicted molar refractivity (Wildman–Crippen MR) is 97.2 cm³/mol. The van der Waals surface area contributed by atoms with Gasteiger partial charge in [0.25, 0.3) is 0 Å². The molecule has 0 bridgehead atoms. The first-order valence-electron chi connectivity index (χ1n) is 7.82. The lowest BCUT2D eigenvalue weighted by molar-refractivity contribution is -0.116. The predicted octanol–water partition coefficient (Wildman–Crippen LogP) is 3.76. The minimum Gasteiger partial charge on any atom is -0.493 e. The van der Waals surface area contributed by atoms with E-state index in [1.165, 1.54) is 0 Å². The number of hydrogen-bond acceptors (Lipinski definition) is 4. The third-order valence-corrected chi connectivity index (χ3v) is 3.90. The van der Waals surface area contributed by atoms with Crippen LogP contribution in [0.5, 0.6) is 11.5 Å². The van der Waals surface area contributed by atoms with Crippen LogP contribution in [0.25, 0.3) is 0 Å². The molecule has 5 heteroatoms. The molecule has 0 aliphatic rings. The molecule has 0 radical (unpaired) electrons. The van der Waals surface area contributed by atoms with Gasteiger partial charge in [-0.1, -0.05) is 18.2 Å². The Kier molecular flexibility index (Phi) is 5.68. The van der Waals surface area contributed by atoms with E-state index in [9.17, 15) is 4.79 Å². The molecule has 0 aromatic heterocycles. The summed E-state index contributed by atoms with van der Waals surface area (Å²) in [5, 5.41) is 6.17. The molecule has 1 unspecified atom stereocenters. The van der Waals surface area contributed by atoms with Crippen molar-refractivity contribution in [3.8, 4) is 11.5 Å². The average Bonchev–Trinajstić information content (AvgIpc) is 2.58. The van der Waals surface area contributed by atoms with E-state index in [4.69, 9.17) is 9.47 Å². The Hall–Kier alpha value is -2.69. The summed E-state index contributed by atoms with van der Waals surface area (Å²) in [5.74, 6) is 1.19. The number of amides is 1. The molecule has 1 amide bonds. The summed E-state index contributed by atoms with van der Waals surface area (Å²) in [7, 11) is 3.19. The quantitative estimate of drug-likeness (QED) is 0.847. The Labute approximate surface area is 143 Å². The maximum Gasteiger partial charge on any atom is 0.246 e. The molecule has 0 fully saturated rings. The molecule has 0 saturated carbocycles. The summed E-state index contributed by atoms with van der Waals surface area (Å²) in [6, 6.07) is 11.0. The molecule has 1 atom stereocenters. The van der Waals surface area contributed by atoms with Crippen molar-refractivity contribution < 1.29 is 14.3 Å². The number of hydrogen-bond donors (Lipinski definition) is 2. The van der Waals surface area contributed by atoms with E-state index < -0.39 is 6.04 Å². The van der Waals surface area contributed by atoms with Crippen LogP contribution in [0.3, 0.4) is 0 Å². The van der Waals surface area contributed by atoms with E-state index in [0.717, 1.165) is 22.5 Å². The normalized spacial score (nSPS) is 11.5. The highest BCUT2D eigenvalue weighted by Gasteiger charge is 2.16. The van der Waals surface area contributed by atoms with E-state index in [-0.39, 0.29) is 5.91 Å². The molecule has 5 nitrogen and oxygen atoms in total. The van der Waals surface area contributed by atoms with Gasteiger partial charge in [0.15, 0.2) is 11.5 Å². The molecule has 0 aliphatic carbocycles. The van der Waals surface area contributed by atoms with Crippen LogP contribution in [0.1, 0.15) is 18.1 Å². The molecule has 24 heavy (non-hydrogen) atoms. The Morgan fingerprint density at radius 3 is 2.21 bits per heavy atom. The van der Waals surface area contributed by atoms with Gasteiger partial charge >= 0.3 is 0 Å². The number of nitrogens with one attached hydrogen (secondary N) is 2. The second-order valence-corrected chi connectivity index (χ2v) is 5.69. The Bertz CT molecular complexity index is 729. The van der Waals surface area contributed by atoms with Gasteiger partial charge in [0, 0.05) is 17.4 Å². The van der Waals surface area contributed by atoms with Crippen LogP contribution < -0.4 is 20.1 Å². The molecule has 2 aromatic rings. The number of carbonyl (C=O) groups is 1.